The first-order valence-electron chi connectivity index (χ1n) is 7.55. The van der Waals surface area contributed by atoms with Crippen LogP contribution in [0, 0.1) is 0 Å². The van der Waals surface area contributed by atoms with Gasteiger partial charge in [-0.1, -0.05) is 6.07 Å². The Bertz CT molecular complexity index is 607. The molecule has 1 aliphatic rings. The van der Waals surface area contributed by atoms with Crippen LogP contribution in [-0.4, -0.2) is 48.1 Å². The molecule has 3 N–H and O–H groups in total. The molecule has 0 bridgehead atoms. The maximum absolute atomic E-state index is 6.03. The summed E-state index contributed by atoms with van der Waals surface area (Å²) in [6.07, 6.45) is 3.52. The van der Waals surface area contributed by atoms with E-state index >= 15 is 0 Å². The summed E-state index contributed by atoms with van der Waals surface area (Å²) in [6.45, 7) is 4.75. The van der Waals surface area contributed by atoms with Crippen molar-refractivity contribution in [2.45, 2.75) is 6.54 Å². The van der Waals surface area contributed by atoms with Crippen LogP contribution in [0.3, 0.4) is 0 Å². The molecule has 0 atom stereocenters. The Hall–Kier alpha value is -2.34. The van der Waals surface area contributed by atoms with Gasteiger partial charge in [0.2, 0.25) is 0 Å². The number of nitrogen functional groups attached to an aromatic ring is 1. The first kappa shape index (κ1) is 14.6. The Morgan fingerprint density at radius 1 is 1.18 bits per heavy atom. The molecule has 2 aromatic rings. The van der Waals surface area contributed by atoms with Crippen molar-refractivity contribution in [3.63, 3.8) is 0 Å². The van der Waals surface area contributed by atoms with Gasteiger partial charge in [-0.05, 0) is 19.2 Å². The Labute approximate surface area is 131 Å². The van der Waals surface area contributed by atoms with Gasteiger partial charge >= 0.3 is 0 Å². The first-order valence-corrected chi connectivity index (χ1v) is 7.55. The molecule has 3 rings (SSSR count). The zero-order chi connectivity index (χ0) is 15.4. The van der Waals surface area contributed by atoms with Gasteiger partial charge in [-0.25, -0.2) is 4.98 Å². The topological polar surface area (TPSA) is 70.3 Å². The number of anilines is 3. The molecule has 116 valence electrons. The van der Waals surface area contributed by atoms with E-state index in [1.165, 1.54) is 0 Å². The zero-order valence-electron chi connectivity index (χ0n) is 12.9. The predicted octanol–water partition coefficient (Wildman–Crippen LogP) is 1.42. The van der Waals surface area contributed by atoms with E-state index in [0.717, 1.165) is 43.4 Å². The molecule has 0 amide bonds. The van der Waals surface area contributed by atoms with Gasteiger partial charge in [0.25, 0.3) is 0 Å². The Morgan fingerprint density at radius 3 is 2.73 bits per heavy atom. The highest BCUT2D eigenvalue weighted by atomic mass is 15.3. The molecule has 0 saturated carbocycles. The lowest BCUT2D eigenvalue weighted by atomic mass is 10.2. The SMILES string of the molecule is CN1CCN(c2cc(NCc3ccccn3)c(N)cn2)CC1. The van der Waals surface area contributed by atoms with Crippen LogP contribution >= 0.6 is 0 Å². The van der Waals surface area contributed by atoms with Gasteiger partial charge in [0.1, 0.15) is 5.82 Å². The van der Waals surface area contributed by atoms with Gasteiger partial charge in [-0.2, -0.15) is 0 Å². The summed E-state index contributed by atoms with van der Waals surface area (Å²) in [4.78, 5) is 13.4. The standard InChI is InChI=1S/C16H22N6/c1-21-6-8-22(9-7-21)16-10-15(14(17)12-20-16)19-11-13-4-2-3-5-18-13/h2-5,10,12H,6-9,11,17H2,1H3,(H,19,20). The van der Waals surface area contributed by atoms with Crippen LogP contribution in [0.4, 0.5) is 17.2 Å². The summed E-state index contributed by atoms with van der Waals surface area (Å²) in [5, 5.41) is 3.35. The molecular weight excluding hydrogens is 276 g/mol. The maximum Gasteiger partial charge on any atom is 0.130 e. The summed E-state index contributed by atoms with van der Waals surface area (Å²) >= 11 is 0. The van der Waals surface area contributed by atoms with Crippen molar-refractivity contribution in [1.82, 2.24) is 14.9 Å². The lowest BCUT2D eigenvalue weighted by molar-refractivity contribution is 0.312. The largest absolute Gasteiger partial charge is 0.396 e. The van der Waals surface area contributed by atoms with Gasteiger partial charge in [0.15, 0.2) is 0 Å². The predicted molar refractivity (Wildman–Crippen MR) is 89.9 cm³/mol. The Morgan fingerprint density at radius 2 is 2.00 bits per heavy atom. The molecule has 6 nitrogen and oxygen atoms in total. The second kappa shape index (κ2) is 6.62. The third kappa shape index (κ3) is 3.46. The Balaban J connectivity index is 1.70. The summed E-state index contributed by atoms with van der Waals surface area (Å²) < 4.78 is 0. The van der Waals surface area contributed by atoms with Crippen molar-refractivity contribution in [2.75, 3.05) is 49.2 Å². The number of piperazine rings is 1. The molecule has 3 heterocycles. The average molecular weight is 298 g/mol. The molecule has 1 aliphatic heterocycles. The number of pyridine rings is 2. The Kier molecular flexibility index (Phi) is 4.39. The van der Waals surface area contributed by atoms with Crippen LogP contribution < -0.4 is 16.0 Å². The van der Waals surface area contributed by atoms with E-state index in [1.807, 2.05) is 24.3 Å². The van der Waals surface area contributed by atoms with E-state index in [9.17, 15) is 0 Å². The summed E-state index contributed by atoms with van der Waals surface area (Å²) in [5.74, 6) is 0.978. The number of aromatic nitrogens is 2. The average Bonchev–Trinajstić information content (AvgIpc) is 2.56. The van der Waals surface area contributed by atoms with E-state index in [2.05, 4.69) is 32.1 Å². The number of likely N-dealkylation sites (N-methyl/N-ethyl adjacent to an activating group) is 1. The molecule has 0 aromatic carbocycles. The molecule has 6 heteroatoms. The fourth-order valence-corrected chi connectivity index (χ4v) is 2.50. The normalized spacial score (nSPS) is 15.8. The van der Waals surface area contributed by atoms with Crippen molar-refractivity contribution in [3.05, 3.63) is 42.4 Å². The van der Waals surface area contributed by atoms with Gasteiger partial charge in [0.05, 0.1) is 29.8 Å². The zero-order valence-corrected chi connectivity index (χ0v) is 12.9. The molecule has 0 aliphatic carbocycles. The van der Waals surface area contributed by atoms with Gasteiger partial charge in [0, 0.05) is 38.4 Å². The minimum atomic E-state index is 0.650. The number of hydrogen-bond acceptors (Lipinski definition) is 6. The van der Waals surface area contributed by atoms with Crippen LogP contribution in [-0.2, 0) is 6.54 Å². The van der Waals surface area contributed by atoms with E-state index < -0.39 is 0 Å². The van der Waals surface area contributed by atoms with E-state index in [4.69, 9.17) is 5.73 Å². The van der Waals surface area contributed by atoms with Crippen molar-refractivity contribution < 1.29 is 0 Å². The first-order chi connectivity index (χ1) is 10.7. The van der Waals surface area contributed by atoms with E-state index in [0.29, 0.717) is 12.2 Å². The number of rotatable bonds is 4. The highest BCUT2D eigenvalue weighted by Gasteiger charge is 2.16. The lowest BCUT2D eigenvalue weighted by Gasteiger charge is -2.33. The molecule has 0 unspecified atom stereocenters. The number of nitrogens with one attached hydrogen (secondary N) is 1. The fraction of sp³-hybridized carbons (Fsp3) is 0.375. The monoisotopic (exact) mass is 298 g/mol. The van der Waals surface area contributed by atoms with Crippen molar-refractivity contribution in [1.29, 1.82) is 0 Å². The third-order valence-corrected chi connectivity index (χ3v) is 3.93. The number of nitrogens with zero attached hydrogens (tertiary/aromatic N) is 4. The summed E-state index contributed by atoms with van der Waals surface area (Å²) in [5.41, 5.74) is 8.59. The highest BCUT2D eigenvalue weighted by molar-refractivity contribution is 5.69. The lowest BCUT2D eigenvalue weighted by Crippen LogP contribution is -2.44. The van der Waals surface area contributed by atoms with Crippen LogP contribution in [0.2, 0.25) is 0 Å². The molecule has 1 fully saturated rings. The minimum Gasteiger partial charge on any atom is -0.396 e. The van der Waals surface area contributed by atoms with Gasteiger partial charge < -0.3 is 20.9 Å². The molecule has 2 aromatic heterocycles. The smallest absolute Gasteiger partial charge is 0.130 e. The fourth-order valence-electron chi connectivity index (χ4n) is 2.50. The summed E-state index contributed by atoms with van der Waals surface area (Å²) in [7, 11) is 2.15. The van der Waals surface area contributed by atoms with Crippen LogP contribution in [0.15, 0.2) is 36.7 Å². The quantitative estimate of drug-likeness (QED) is 0.890. The second-order valence-electron chi connectivity index (χ2n) is 5.59. The van der Waals surface area contributed by atoms with E-state index in [-0.39, 0.29) is 0 Å². The molecular formula is C16H22N6. The summed E-state index contributed by atoms with van der Waals surface area (Å²) in [6, 6.07) is 7.92. The van der Waals surface area contributed by atoms with Crippen molar-refractivity contribution in [2.24, 2.45) is 0 Å². The highest BCUT2D eigenvalue weighted by Crippen LogP contribution is 2.24. The minimum absolute atomic E-state index is 0.650. The van der Waals surface area contributed by atoms with Crippen molar-refractivity contribution in [3.8, 4) is 0 Å². The maximum atomic E-state index is 6.03. The van der Waals surface area contributed by atoms with E-state index in [1.54, 1.807) is 12.4 Å². The van der Waals surface area contributed by atoms with Gasteiger partial charge in [-0.15, -0.1) is 0 Å². The molecule has 0 radical (unpaired) electrons. The van der Waals surface area contributed by atoms with Crippen LogP contribution in [0.5, 0.6) is 0 Å². The van der Waals surface area contributed by atoms with Gasteiger partial charge in [-0.3, -0.25) is 4.98 Å². The third-order valence-electron chi connectivity index (χ3n) is 3.93. The number of hydrogen-bond donors (Lipinski definition) is 2. The molecule has 0 spiro atoms. The number of nitrogens with two attached hydrogens (primary N) is 1. The molecule has 22 heavy (non-hydrogen) atoms. The molecule has 1 saturated heterocycles. The second-order valence-corrected chi connectivity index (χ2v) is 5.59. The van der Waals surface area contributed by atoms with Crippen LogP contribution in [0.1, 0.15) is 5.69 Å². The van der Waals surface area contributed by atoms with Crippen molar-refractivity contribution >= 4 is 17.2 Å². The van der Waals surface area contributed by atoms with Crippen LogP contribution in [0.25, 0.3) is 0 Å².